The summed E-state index contributed by atoms with van der Waals surface area (Å²) in [5, 5.41) is 11.5. The Balaban J connectivity index is 1.80. The second kappa shape index (κ2) is 6.65. The minimum absolute atomic E-state index is 0.199. The third-order valence-electron chi connectivity index (χ3n) is 3.88. The number of rotatable bonds is 5. The van der Waals surface area contributed by atoms with Gasteiger partial charge in [0.15, 0.2) is 11.6 Å². The van der Waals surface area contributed by atoms with E-state index < -0.39 is 23.5 Å². The van der Waals surface area contributed by atoms with Crippen molar-refractivity contribution >= 4 is 11.9 Å². The maximum absolute atomic E-state index is 13.4. The summed E-state index contributed by atoms with van der Waals surface area (Å²) in [6.45, 7) is 0.202. The third-order valence-corrected chi connectivity index (χ3v) is 3.88. The molecule has 2 N–H and O–H groups in total. The predicted octanol–water partition coefficient (Wildman–Crippen LogP) is 2.12. The number of benzene rings is 1. The van der Waals surface area contributed by atoms with Gasteiger partial charge in [-0.1, -0.05) is 12.1 Å². The van der Waals surface area contributed by atoms with Gasteiger partial charge in [0, 0.05) is 12.5 Å². The number of carboxylic acids is 1. The number of hydrogen-bond acceptors (Lipinski definition) is 2. The summed E-state index contributed by atoms with van der Waals surface area (Å²) >= 11 is 0. The molecule has 21 heavy (non-hydrogen) atoms. The molecule has 0 spiro atoms. The first-order valence-electron chi connectivity index (χ1n) is 6.92. The van der Waals surface area contributed by atoms with Gasteiger partial charge in [0.1, 0.15) is 0 Å². The van der Waals surface area contributed by atoms with Crippen molar-refractivity contribution < 1.29 is 23.5 Å². The molecule has 1 amide bonds. The number of nitrogens with one attached hydrogen (secondary N) is 1. The number of carbonyl (C=O) groups is 2. The molecule has 2 atom stereocenters. The number of aliphatic carboxylic acids is 1. The zero-order valence-corrected chi connectivity index (χ0v) is 11.4. The molecule has 0 heterocycles. The molecular formula is C15H17F2NO3. The fourth-order valence-corrected chi connectivity index (χ4v) is 2.65. The van der Waals surface area contributed by atoms with E-state index in [0.29, 0.717) is 19.3 Å². The van der Waals surface area contributed by atoms with Crippen LogP contribution in [-0.2, 0) is 16.0 Å². The molecule has 2 rings (SSSR count). The van der Waals surface area contributed by atoms with Crippen molar-refractivity contribution in [3.05, 3.63) is 35.4 Å². The predicted molar refractivity (Wildman–Crippen MR) is 71.5 cm³/mol. The van der Waals surface area contributed by atoms with E-state index in [2.05, 4.69) is 5.32 Å². The highest BCUT2D eigenvalue weighted by molar-refractivity contribution is 5.80. The third kappa shape index (κ3) is 3.77. The van der Waals surface area contributed by atoms with Gasteiger partial charge in [-0.2, -0.15) is 0 Å². The molecule has 0 radical (unpaired) electrons. The minimum Gasteiger partial charge on any atom is -0.481 e. The van der Waals surface area contributed by atoms with Crippen LogP contribution < -0.4 is 5.32 Å². The minimum atomic E-state index is -0.904. The summed E-state index contributed by atoms with van der Waals surface area (Å²) in [6.07, 6.45) is 1.60. The molecule has 0 unspecified atom stereocenters. The Morgan fingerprint density at radius 2 is 1.95 bits per heavy atom. The lowest BCUT2D eigenvalue weighted by molar-refractivity contribution is -0.141. The van der Waals surface area contributed by atoms with Crippen LogP contribution in [0.25, 0.3) is 0 Å². The molecule has 114 valence electrons. The summed E-state index contributed by atoms with van der Waals surface area (Å²) in [7, 11) is 0. The van der Waals surface area contributed by atoms with Gasteiger partial charge in [-0.3, -0.25) is 9.59 Å². The number of carbonyl (C=O) groups excluding carboxylic acids is 1. The van der Waals surface area contributed by atoms with E-state index in [9.17, 15) is 18.4 Å². The Morgan fingerprint density at radius 1 is 1.24 bits per heavy atom. The second-order valence-corrected chi connectivity index (χ2v) is 5.30. The van der Waals surface area contributed by atoms with Gasteiger partial charge >= 0.3 is 5.97 Å². The molecule has 0 aromatic heterocycles. The van der Waals surface area contributed by atoms with E-state index in [1.807, 2.05) is 0 Å². The van der Waals surface area contributed by atoms with Gasteiger partial charge in [-0.15, -0.1) is 0 Å². The SMILES string of the molecule is O=C(O)[C@@H]1CC[C@H](C(=O)NCCc2cccc(F)c2F)C1. The molecule has 1 aromatic carbocycles. The zero-order valence-electron chi connectivity index (χ0n) is 11.4. The molecule has 1 aromatic rings. The normalized spacial score (nSPS) is 21.2. The van der Waals surface area contributed by atoms with Crippen molar-refractivity contribution in [1.29, 1.82) is 0 Å². The summed E-state index contributed by atoms with van der Waals surface area (Å²) in [5.74, 6) is -3.63. The van der Waals surface area contributed by atoms with Crippen molar-refractivity contribution in [2.75, 3.05) is 6.54 Å². The fourth-order valence-electron chi connectivity index (χ4n) is 2.65. The average Bonchev–Trinajstić information content (AvgIpc) is 2.93. The molecule has 1 aliphatic rings. The Bertz CT molecular complexity index is 548. The van der Waals surface area contributed by atoms with Gasteiger partial charge in [-0.25, -0.2) is 8.78 Å². The first-order valence-corrected chi connectivity index (χ1v) is 6.92. The van der Waals surface area contributed by atoms with Crippen LogP contribution in [0.2, 0.25) is 0 Å². The number of carboxylic acid groups (broad SMARTS) is 1. The van der Waals surface area contributed by atoms with Crippen LogP contribution in [0.5, 0.6) is 0 Å². The van der Waals surface area contributed by atoms with Gasteiger partial charge in [-0.05, 0) is 37.3 Å². The summed E-state index contributed by atoms with van der Waals surface area (Å²) in [5.41, 5.74) is 0.213. The van der Waals surface area contributed by atoms with Crippen LogP contribution in [0.15, 0.2) is 18.2 Å². The lowest BCUT2D eigenvalue weighted by Gasteiger charge is -2.11. The van der Waals surface area contributed by atoms with Crippen LogP contribution in [0.3, 0.4) is 0 Å². The van der Waals surface area contributed by atoms with Gasteiger partial charge in [0.25, 0.3) is 0 Å². The van der Waals surface area contributed by atoms with E-state index in [1.165, 1.54) is 12.1 Å². The number of amides is 1. The molecule has 1 fully saturated rings. The molecule has 0 aliphatic heterocycles. The first-order chi connectivity index (χ1) is 9.99. The first kappa shape index (κ1) is 15.4. The largest absolute Gasteiger partial charge is 0.481 e. The maximum Gasteiger partial charge on any atom is 0.306 e. The molecule has 0 bridgehead atoms. The van der Waals surface area contributed by atoms with E-state index in [4.69, 9.17) is 5.11 Å². The standard InChI is InChI=1S/C15H17F2NO3/c16-12-3-1-2-9(13(12)17)6-7-18-14(19)10-4-5-11(8-10)15(20)21/h1-3,10-11H,4-8H2,(H,18,19)(H,20,21)/t10-,11+/m0/s1. The van der Waals surface area contributed by atoms with Crippen LogP contribution in [0.1, 0.15) is 24.8 Å². The van der Waals surface area contributed by atoms with E-state index >= 15 is 0 Å². The summed E-state index contributed by atoms with van der Waals surface area (Å²) in [6, 6.07) is 3.94. The Morgan fingerprint density at radius 3 is 2.62 bits per heavy atom. The average molecular weight is 297 g/mol. The Hall–Kier alpha value is -1.98. The molecular weight excluding hydrogens is 280 g/mol. The molecule has 0 saturated heterocycles. The lowest BCUT2D eigenvalue weighted by Crippen LogP contribution is -2.31. The van der Waals surface area contributed by atoms with Crippen molar-refractivity contribution in [1.82, 2.24) is 5.32 Å². The van der Waals surface area contributed by atoms with Crippen molar-refractivity contribution in [2.24, 2.45) is 11.8 Å². The Kier molecular flexibility index (Phi) is 4.88. The highest BCUT2D eigenvalue weighted by Gasteiger charge is 2.33. The van der Waals surface area contributed by atoms with Crippen molar-refractivity contribution in [3.8, 4) is 0 Å². The van der Waals surface area contributed by atoms with Crippen molar-refractivity contribution in [2.45, 2.75) is 25.7 Å². The van der Waals surface area contributed by atoms with Gasteiger partial charge in [0.05, 0.1) is 5.92 Å². The van der Waals surface area contributed by atoms with Crippen LogP contribution in [-0.4, -0.2) is 23.5 Å². The maximum atomic E-state index is 13.4. The molecule has 4 nitrogen and oxygen atoms in total. The van der Waals surface area contributed by atoms with E-state index in [1.54, 1.807) is 0 Å². The lowest BCUT2D eigenvalue weighted by atomic mass is 10.0. The monoisotopic (exact) mass is 297 g/mol. The molecule has 1 saturated carbocycles. The van der Waals surface area contributed by atoms with Gasteiger partial charge in [0.2, 0.25) is 5.91 Å². The summed E-state index contributed by atoms with van der Waals surface area (Å²) in [4.78, 5) is 22.7. The fraction of sp³-hybridized carbons (Fsp3) is 0.467. The number of halogens is 2. The van der Waals surface area contributed by atoms with Crippen LogP contribution in [0, 0.1) is 23.5 Å². The second-order valence-electron chi connectivity index (χ2n) is 5.30. The highest BCUT2D eigenvalue weighted by Crippen LogP contribution is 2.31. The zero-order chi connectivity index (χ0) is 15.4. The molecule has 6 heteroatoms. The van der Waals surface area contributed by atoms with E-state index in [0.717, 1.165) is 6.07 Å². The topological polar surface area (TPSA) is 66.4 Å². The smallest absolute Gasteiger partial charge is 0.306 e. The van der Waals surface area contributed by atoms with Crippen molar-refractivity contribution in [3.63, 3.8) is 0 Å². The Labute approximate surface area is 121 Å². The van der Waals surface area contributed by atoms with E-state index in [-0.39, 0.29) is 30.4 Å². The van der Waals surface area contributed by atoms with Crippen LogP contribution in [0.4, 0.5) is 8.78 Å². The van der Waals surface area contributed by atoms with Gasteiger partial charge < -0.3 is 10.4 Å². The van der Waals surface area contributed by atoms with Crippen LogP contribution >= 0.6 is 0 Å². The number of hydrogen-bond donors (Lipinski definition) is 2. The summed E-state index contributed by atoms with van der Waals surface area (Å²) < 4.78 is 26.4. The quantitative estimate of drug-likeness (QED) is 0.875. The molecule has 1 aliphatic carbocycles. The highest BCUT2D eigenvalue weighted by atomic mass is 19.2.